The lowest BCUT2D eigenvalue weighted by Crippen LogP contribution is -1.86. The average Bonchev–Trinajstić information content (AvgIpc) is 2.17. The number of nitriles is 1. The van der Waals surface area contributed by atoms with E-state index in [1.807, 2.05) is 6.07 Å². The predicted octanol–water partition coefficient (Wildman–Crippen LogP) is 0.572. The van der Waals surface area contributed by atoms with E-state index in [4.69, 9.17) is 5.26 Å². The molecule has 0 spiro atoms. The lowest BCUT2D eigenvalue weighted by atomic mass is 10.5. The largest absolute Gasteiger partial charge is 0.272 e. The topological polar surface area (TPSA) is 53.2 Å². The van der Waals surface area contributed by atoms with Crippen LogP contribution >= 0.6 is 11.8 Å². The highest BCUT2D eigenvalue weighted by Crippen LogP contribution is 2.14. The molecule has 0 unspecified atom stereocenters. The number of carbonyl (C=O) groups is 1. The number of thioether (sulfide) groups is 1. The van der Waals surface area contributed by atoms with E-state index in [9.17, 15) is 4.79 Å². The third kappa shape index (κ3) is 1.54. The van der Waals surface area contributed by atoms with E-state index in [0.29, 0.717) is 10.8 Å². The number of amides is 1. The minimum Gasteiger partial charge on any atom is -0.272 e. The third-order valence-corrected chi connectivity index (χ3v) is 1.80. The highest BCUT2D eigenvalue weighted by Gasteiger charge is 2.13. The van der Waals surface area contributed by atoms with Gasteiger partial charge in [0.2, 0.25) is 0 Å². The summed E-state index contributed by atoms with van der Waals surface area (Å²) in [5.74, 6) is 0.294. The van der Waals surface area contributed by atoms with E-state index in [2.05, 4.69) is 4.99 Å². The van der Waals surface area contributed by atoms with Crippen LogP contribution in [-0.4, -0.2) is 16.7 Å². The Kier molecular flexibility index (Phi) is 1.85. The van der Waals surface area contributed by atoms with Gasteiger partial charge in [0, 0.05) is 0 Å². The van der Waals surface area contributed by atoms with Gasteiger partial charge < -0.3 is 0 Å². The Morgan fingerprint density at radius 1 is 1.89 bits per heavy atom. The molecule has 0 radical (unpaired) electrons. The molecule has 0 atom stereocenters. The number of hydrogen-bond acceptors (Lipinski definition) is 3. The lowest BCUT2D eigenvalue weighted by molar-refractivity contribution is -0.115. The molecular weight excluding hydrogens is 136 g/mol. The Balaban J connectivity index is 2.54. The minimum absolute atomic E-state index is 0.120. The second-order valence-electron chi connectivity index (χ2n) is 1.52. The Bertz CT molecular complexity index is 203. The van der Waals surface area contributed by atoms with Crippen molar-refractivity contribution in [1.29, 1.82) is 5.26 Å². The summed E-state index contributed by atoms with van der Waals surface area (Å²) in [5.41, 5.74) is 0. The molecule has 9 heavy (non-hydrogen) atoms. The van der Waals surface area contributed by atoms with Gasteiger partial charge >= 0.3 is 0 Å². The zero-order chi connectivity index (χ0) is 6.69. The monoisotopic (exact) mass is 140 g/mol. The first kappa shape index (κ1) is 6.30. The van der Waals surface area contributed by atoms with E-state index < -0.39 is 0 Å². The molecule has 46 valence electrons. The molecule has 0 aromatic heterocycles. The Labute approximate surface area is 56.8 Å². The fraction of sp³-hybridized carbons (Fsp3) is 0.400. The van der Waals surface area contributed by atoms with Gasteiger partial charge in [-0.15, -0.1) is 0 Å². The van der Waals surface area contributed by atoms with Gasteiger partial charge in [-0.2, -0.15) is 5.26 Å². The molecule has 0 N–H and O–H groups in total. The fourth-order valence-corrected chi connectivity index (χ4v) is 1.19. The zero-order valence-electron chi connectivity index (χ0n) is 4.63. The van der Waals surface area contributed by atoms with Gasteiger partial charge in [-0.25, -0.2) is 4.99 Å². The number of hydrogen-bond donors (Lipinski definition) is 0. The molecule has 0 saturated carbocycles. The summed E-state index contributed by atoms with van der Waals surface area (Å²) < 4.78 is 0. The first-order chi connectivity index (χ1) is 4.33. The van der Waals surface area contributed by atoms with Crippen LogP contribution in [0.25, 0.3) is 0 Å². The van der Waals surface area contributed by atoms with Crippen molar-refractivity contribution >= 4 is 22.7 Å². The van der Waals surface area contributed by atoms with Crippen molar-refractivity contribution in [2.45, 2.75) is 6.42 Å². The van der Waals surface area contributed by atoms with E-state index in [1.54, 1.807) is 0 Å². The van der Waals surface area contributed by atoms with Crippen molar-refractivity contribution in [3.05, 3.63) is 0 Å². The second-order valence-corrected chi connectivity index (χ2v) is 2.57. The second kappa shape index (κ2) is 2.65. The van der Waals surface area contributed by atoms with Gasteiger partial charge in [0.1, 0.15) is 0 Å². The van der Waals surface area contributed by atoms with Crippen LogP contribution < -0.4 is 0 Å². The summed E-state index contributed by atoms with van der Waals surface area (Å²) >= 11 is 1.35. The number of carbonyl (C=O) groups excluding carboxylic acids is 1. The lowest BCUT2D eigenvalue weighted by Gasteiger charge is -1.82. The molecule has 1 aliphatic rings. The van der Waals surface area contributed by atoms with Crippen LogP contribution in [0.15, 0.2) is 4.99 Å². The Morgan fingerprint density at radius 2 is 2.67 bits per heavy atom. The molecule has 1 heterocycles. The van der Waals surface area contributed by atoms with Gasteiger partial charge in [-0.3, -0.25) is 4.79 Å². The smallest absolute Gasteiger partial charge is 0.256 e. The van der Waals surface area contributed by atoms with Crippen molar-refractivity contribution in [2.24, 2.45) is 4.99 Å². The SMILES string of the molecule is N#CCC1=NC(=O)CS1. The van der Waals surface area contributed by atoms with Crippen LogP contribution in [0.3, 0.4) is 0 Å². The molecule has 4 heteroatoms. The summed E-state index contributed by atoms with van der Waals surface area (Å²) in [5, 5.41) is 8.81. The number of rotatable bonds is 1. The van der Waals surface area contributed by atoms with Crippen LogP contribution in [0.1, 0.15) is 6.42 Å². The van der Waals surface area contributed by atoms with Gasteiger partial charge in [0.15, 0.2) is 0 Å². The van der Waals surface area contributed by atoms with E-state index in [1.165, 1.54) is 11.8 Å². The van der Waals surface area contributed by atoms with Crippen molar-refractivity contribution < 1.29 is 4.79 Å². The standard InChI is InChI=1S/C5H4N2OS/c6-2-1-5-7-4(8)3-9-5/h1,3H2. The zero-order valence-corrected chi connectivity index (χ0v) is 5.44. The highest BCUT2D eigenvalue weighted by atomic mass is 32.2. The van der Waals surface area contributed by atoms with Gasteiger partial charge in [0.25, 0.3) is 5.91 Å². The maximum atomic E-state index is 10.4. The Morgan fingerprint density at radius 3 is 3.11 bits per heavy atom. The molecule has 0 aromatic carbocycles. The highest BCUT2D eigenvalue weighted by molar-refractivity contribution is 8.15. The summed E-state index contributed by atoms with van der Waals surface area (Å²) in [6, 6.07) is 1.93. The van der Waals surface area contributed by atoms with Crippen LogP contribution in [0.4, 0.5) is 0 Å². The van der Waals surface area contributed by atoms with Gasteiger partial charge in [0.05, 0.1) is 23.3 Å². The molecule has 1 aliphatic heterocycles. The summed E-state index contributed by atoms with van der Waals surface area (Å²) in [6.45, 7) is 0. The Hall–Kier alpha value is -0.820. The predicted molar refractivity (Wildman–Crippen MR) is 35.1 cm³/mol. The maximum Gasteiger partial charge on any atom is 0.256 e. The van der Waals surface area contributed by atoms with Crippen LogP contribution in [0, 0.1) is 11.3 Å². The van der Waals surface area contributed by atoms with Crippen molar-refractivity contribution in [3.63, 3.8) is 0 Å². The van der Waals surface area contributed by atoms with Crippen LogP contribution in [-0.2, 0) is 4.79 Å². The molecule has 0 aliphatic carbocycles. The van der Waals surface area contributed by atoms with E-state index in [-0.39, 0.29) is 12.3 Å². The fourth-order valence-electron chi connectivity index (χ4n) is 0.507. The summed E-state index contributed by atoms with van der Waals surface area (Å²) in [6.07, 6.45) is 0.274. The van der Waals surface area contributed by atoms with E-state index >= 15 is 0 Å². The minimum atomic E-state index is -0.120. The summed E-state index contributed by atoms with van der Waals surface area (Å²) in [7, 11) is 0. The quantitative estimate of drug-likeness (QED) is 0.535. The summed E-state index contributed by atoms with van der Waals surface area (Å²) in [4.78, 5) is 14.0. The van der Waals surface area contributed by atoms with Gasteiger partial charge in [-0.1, -0.05) is 11.8 Å². The van der Waals surface area contributed by atoms with Crippen molar-refractivity contribution in [1.82, 2.24) is 0 Å². The first-order valence-electron chi connectivity index (χ1n) is 2.43. The molecule has 0 bridgehead atoms. The van der Waals surface area contributed by atoms with Gasteiger partial charge in [-0.05, 0) is 0 Å². The van der Waals surface area contributed by atoms with Crippen molar-refractivity contribution in [3.8, 4) is 6.07 Å². The van der Waals surface area contributed by atoms with Crippen molar-refractivity contribution in [2.75, 3.05) is 5.75 Å². The molecule has 0 aromatic rings. The number of aliphatic imine (C=N–C) groups is 1. The molecule has 3 nitrogen and oxygen atoms in total. The molecule has 1 amide bonds. The molecule has 1 rings (SSSR count). The average molecular weight is 140 g/mol. The van der Waals surface area contributed by atoms with Crippen LogP contribution in [0.5, 0.6) is 0 Å². The first-order valence-corrected chi connectivity index (χ1v) is 3.41. The number of nitrogens with zero attached hydrogens (tertiary/aromatic N) is 2. The maximum absolute atomic E-state index is 10.4. The van der Waals surface area contributed by atoms with Crippen LogP contribution in [0.2, 0.25) is 0 Å². The third-order valence-electron chi connectivity index (χ3n) is 0.842. The normalized spacial score (nSPS) is 17.2. The molecule has 0 saturated heterocycles. The molecule has 0 fully saturated rings. The van der Waals surface area contributed by atoms with E-state index in [0.717, 1.165) is 0 Å². The molecular formula is C5H4N2OS.